The third-order valence-corrected chi connectivity index (χ3v) is 3.30. The summed E-state index contributed by atoms with van der Waals surface area (Å²) in [6, 6.07) is 16.0. The second-order valence-electron chi connectivity index (χ2n) is 4.58. The van der Waals surface area contributed by atoms with Crippen molar-refractivity contribution in [2.75, 3.05) is 5.73 Å². The number of nitrogen functional groups attached to an aromatic ring is 1. The van der Waals surface area contributed by atoms with Crippen LogP contribution in [0.1, 0.15) is 0 Å². The molecule has 0 saturated heterocycles. The van der Waals surface area contributed by atoms with E-state index in [-0.39, 0.29) is 0 Å². The van der Waals surface area contributed by atoms with Crippen molar-refractivity contribution in [3.8, 4) is 5.69 Å². The fraction of sp³-hybridized carbons (Fsp3) is 0. The molecule has 0 fully saturated rings. The average molecular weight is 261 g/mol. The highest BCUT2D eigenvalue weighted by atomic mass is 15.4. The summed E-state index contributed by atoms with van der Waals surface area (Å²) in [4.78, 5) is 4.68. The lowest BCUT2D eigenvalue weighted by Crippen LogP contribution is -1.99. The van der Waals surface area contributed by atoms with Gasteiger partial charge in [-0.1, -0.05) is 41.6 Å². The van der Waals surface area contributed by atoms with Crippen LogP contribution >= 0.6 is 0 Å². The summed E-state index contributed by atoms with van der Waals surface area (Å²) in [6.07, 6.45) is 1.72. The molecule has 2 heterocycles. The van der Waals surface area contributed by atoms with E-state index in [0.29, 0.717) is 5.82 Å². The predicted molar refractivity (Wildman–Crippen MR) is 78.6 cm³/mol. The van der Waals surface area contributed by atoms with Crippen LogP contribution < -0.4 is 5.73 Å². The lowest BCUT2D eigenvalue weighted by atomic mass is 10.1. The maximum Gasteiger partial charge on any atom is 0.166 e. The zero-order chi connectivity index (χ0) is 13.5. The maximum atomic E-state index is 5.69. The van der Waals surface area contributed by atoms with Gasteiger partial charge in [0, 0.05) is 10.8 Å². The van der Waals surface area contributed by atoms with Crippen LogP contribution in [0.3, 0.4) is 0 Å². The Labute approximate surface area is 114 Å². The summed E-state index contributed by atoms with van der Waals surface area (Å²) in [7, 11) is 0. The van der Waals surface area contributed by atoms with Crippen LogP contribution in [0.5, 0.6) is 0 Å². The van der Waals surface area contributed by atoms with E-state index in [1.54, 1.807) is 10.9 Å². The highest BCUT2D eigenvalue weighted by Crippen LogP contribution is 2.28. The second-order valence-corrected chi connectivity index (χ2v) is 4.58. The van der Waals surface area contributed by atoms with Gasteiger partial charge in [-0.25, -0.2) is 9.67 Å². The molecule has 0 spiro atoms. The molecule has 2 aromatic carbocycles. The molecule has 4 rings (SSSR count). The normalized spacial score (nSPS) is 11.2. The van der Waals surface area contributed by atoms with Gasteiger partial charge < -0.3 is 5.73 Å². The molecule has 0 unspecified atom stereocenters. The van der Waals surface area contributed by atoms with Gasteiger partial charge in [0.2, 0.25) is 0 Å². The molecular weight excluding hydrogens is 250 g/mol. The number of fused-ring (bicyclic) bond motifs is 2. The van der Waals surface area contributed by atoms with Gasteiger partial charge in [0.15, 0.2) is 5.82 Å². The van der Waals surface area contributed by atoms with E-state index in [2.05, 4.69) is 15.3 Å². The summed E-state index contributed by atoms with van der Waals surface area (Å²) in [5, 5.41) is 10.0. The van der Waals surface area contributed by atoms with Gasteiger partial charge in [0.1, 0.15) is 0 Å². The van der Waals surface area contributed by atoms with Gasteiger partial charge in [-0.05, 0) is 12.1 Å². The topological polar surface area (TPSA) is 69.6 Å². The number of nitrogens with two attached hydrogens (primary N) is 1. The van der Waals surface area contributed by atoms with Crippen LogP contribution in [0.2, 0.25) is 0 Å². The van der Waals surface area contributed by atoms with Gasteiger partial charge in [0.05, 0.1) is 22.9 Å². The molecule has 0 aliphatic rings. The summed E-state index contributed by atoms with van der Waals surface area (Å²) in [5.41, 5.74) is 8.50. The van der Waals surface area contributed by atoms with Crippen molar-refractivity contribution in [1.29, 1.82) is 0 Å². The number of hydrogen-bond donors (Lipinski definition) is 1. The summed E-state index contributed by atoms with van der Waals surface area (Å²) in [6.45, 7) is 0. The first-order valence-electron chi connectivity index (χ1n) is 6.28. The van der Waals surface area contributed by atoms with Crippen molar-refractivity contribution in [2.45, 2.75) is 0 Å². The van der Waals surface area contributed by atoms with E-state index in [9.17, 15) is 0 Å². The largest absolute Gasteiger partial charge is 0.381 e. The monoisotopic (exact) mass is 261 g/mol. The van der Waals surface area contributed by atoms with E-state index in [0.717, 1.165) is 27.5 Å². The first kappa shape index (κ1) is 10.9. The number of pyridine rings is 1. The molecule has 0 atom stereocenters. The molecule has 0 aliphatic heterocycles. The smallest absolute Gasteiger partial charge is 0.166 e. The Morgan fingerprint density at radius 1 is 0.850 bits per heavy atom. The van der Waals surface area contributed by atoms with Gasteiger partial charge in [-0.2, -0.15) is 0 Å². The van der Waals surface area contributed by atoms with Crippen molar-refractivity contribution in [3.05, 3.63) is 54.7 Å². The van der Waals surface area contributed by atoms with Gasteiger partial charge in [-0.3, -0.25) is 0 Å². The van der Waals surface area contributed by atoms with E-state index < -0.39 is 0 Å². The average Bonchev–Trinajstić information content (AvgIpc) is 2.91. The van der Waals surface area contributed by atoms with Crippen LogP contribution in [0.25, 0.3) is 27.5 Å². The Morgan fingerprint density at radius 2 is 1.45 bits per heavy atom. The Bertz CT molecular complexity index is 872. The van der Waals surface area contributed by atoms with Gasteiger partial charge >= 0.3 is 0 Å². The molecule has 96 valence electrons. The third kappa shape index (κ3) is 1.53. The first-order valence-corrected chi connectivity index (χ1v) is 6.28. The number of para-hydroxylation sites is 2. The van der Waals surface area contributed by atoms with Crippen molar-refractivity contribution < 1.29 is 0 Å². The van der Waals surface area contributed by atoms with E-state index in [4.69, 9.17) is 5.73 Å². The minimum absolute atomic E-state index is 0.398. The molecule has 4 aromatic rings. The zero-order valence-electron chi connectivity index (χ0n) is 10.6. The van der Waals surface area contributed by atoms with E-state index >= 15 is 0 Å². The summed E-state index contributed by atoms with van der Waals surface area (Å²) < 4.78 is 1.71. The molecule has 0 aliphatic carbocycles. The molecule has 5 nitrogen and oxygen atoms in total. The van der Waals surface area contributed by atoms with Crippen molar-refractivity contribution in [3.63, 3.8) is 0 Å². The number of aromatic nitrogens is 4. The number of anilines is 1. The molecule has 0 radical (unpaired) electrons. The Kier molecular flexibility index (Phi) is 2.20. The summed E-state index contributed by atoms with van der Waals surface area (Å²) >= 11 is 0. The highest BCUT2D eigenvalue weighted by Gasteiger charge is 2.11. The van der Waals surface area contributed by atoms with Crippen LogP contribution in [0, 0.1) is 0 Å². The van der Waals surface area contributed by atoms with Gasteiger partial charge in [0.25, 0.3) is 0 Å². The number of nitrogens with zero attached hydrogens (tertiary/aromatic N) is 4. The molecule has 0 bridgehead atoms. The quantitative estimate of drug-likeness (QED) is 0.534. The molecule has 0 amide bonds. The Morgan fingerprint density at radius 3 is 2.00 bits per heavy atom. The molecule has 5 heteroatoms. The standard InChI is InChI=1S/C15H11N5/c16-14-9-20(19-18-14)15-10-5-1-3-7-12(10)17-13-8-4-2-6-11(13)15/h1-9H,16H2. The lowest BCUT2D eigenvalue weighted by Gasteiger charge is -2.09. The summed E-state index contributed by atoms with van der Waals surface area (Å²) in [5.74, 6) is 0.398. The van der Waals surface area contributed by atoms with Crippen molar-refractivity contribution >= 4 is 27.6 Å². The van der Waals surface area contributed by atoms with Crippen molar-refractivity contribution in [1.82, 2.24) is 20.0 Å². The fourth-order valence-corrected chi connectivity index (χ4v) is 2.45. The Hall–Kier alpha value is -2.95. The van der Waals surface area contributed by atoms with Gasteiger partial charge in [-0.15, -0.1) is 5.10 Å². The number of rotatable bonds is 1. The van der Waals surface area contributed by atoms with E-state index in [1.807, 2.05) is 48.5 Å². The van der Waals surface area contributed by atoms with Crippen molar-refractivity contribution in [2.24, 2.45) is 0 Å². The van der Waals surface area contributed by atoms with Crippen LogP contribution in [0.15, 0.2) is 54.7 Å². The number of benzene rings is 2. The SMILES string of the molecule is Nc1cn(-c2c3ccccc3nc3ccccc23)nn1. The van der Waals surface area contributed by atoms with E-state index in [1.165, 1.54) is 0 Å². The third-order valence-electron chi connectivity index (χ3n) is 3.30. The molecular formula is C15H11N5. The zero-order valence-corrected chi connectivity index (χ0v) is 10.6. The van der Waals surface area contributed by atoms with Crippen LogP contribution in [-0.4, -0.2) is 20.0 Å². The minimum atomic E-state index is 0.398. The highest BCUT2D eigenvalue weighted by molar-refractivity contribution is 6.02. The minimum Gasteiger partial charge on any atom is -0.381 e. The first-order chi connectivity index (χ1) is 9.83. The molecule has 2 N–H and O–H groups in total. The fourth-order valence-electron chi connectivity index (χ4n) is 2.45. The van der Waals surface area contributed by atoms with Crippen LogP contribution in [0.4, 0.5) is 5.82 Å². The Balaban J connectivity index is 2.23. The lowest BCUT2D eigenvalue weighted by molar-refractivity contribution is 0.813. The predicted octanol–water partition coefficient (Wildman–Crippen LogP) is 2.55. The second kappa shape index (κ2) is 4.03. The molecule has 2 aromatic heterocycles. The van der Waals surface area contributed by atoms with Crippen LogP contribution in [-0.2, 0) is 0 Å². The maximum absolute atomic E-state index is 5.69. The number of hydrogen-bond acceptors (Lipinski definition) is 4. The molecule has 20 heavy (non-hydrogen) atoms. The molecule has 0 saturated carbocycles.